The molecular formula is C9H7F4O4P. The highest BCUT2D eigenvalue weighted by Gasteiger charge is 2.26. The molecule has 0 heterocycles. The Balaban J connectivity index is 3.17. The quantitative estimate of drug-likeness (QED) is 0.485. The Hall–Kier alpha value is -1.24. The summed E-state index contributed by atoms with van der Waals surface area (Å²) in [4.78, 5) is 19.0. The molecule has 1 aromatic carbocycles. The first-order valence-corrected chi connectivity index (χ1v) is 5.40. The van der Waals surface area contributed by atoms with Gasteiger partial charge in [0.15, 0.2) is 24.0 Å². The van der Waals surface area contributed by atoms with Crippen LogP contribution in [-0.2, 0) is 11.4 Å². The highest BCUT2D eigenvalue weighted by atomic mass is 31.1. The van der Waals surface area contributed by atoms with Crippen LogP contribution in [0.15, 0.2) is 0 Å². The van der Waals surface area contributed by atoms with E-state index in [4.69, 9.17) is 10.00 Å². The number of hydrogen-bond acceptors (Lipinski definition) is 4. The molecule has 0 bridgehead atoms. The summed E-state index contributed by atoms with van der Waals surface area (Å²) in [6, 6.07) is 0. The van der Waals surface area contributed by atoms with Crippen LogP contribution in [0.1, 0.15) is 5.56 Å². The molecule has 0 radical (unpaired) electrons. The average molecular weight is 286 g/mol. The predicted octanol–water partition coefficient (Wildman–Crippen LogP) is 1.23. The number of hydrogen-bond donors (Lipinski definition) is 2. The lowest BCUT2D eigenvalue weighted by atomic mass is 10.1. The topological polar surface area (TPSA) is 66.8 Å². The molecular weight excluding hydrogens is 279 g/mol. The molecule has 0 aromatic heterocycles. The van der Waals surface area contributed by atoms with Gasteiger partial charge in [0.2, 0.25) is 17.2 Å². The number of carbonyl (C=O) groups excluding carboxylic acids is 1. The smallest absolute Gasteiger partial charge is 0.215 e. The van der Waals surface area contributed by atoms with Crippen molar-refractivity contribution >= 4 is 14.3 Å². The Kier molecular flexibility index (Phi) is 5.01. The highest BCUT2D eigenvalue weighted by molar-refractivity contribution is 7.52. The first kappa shape index (κ1) is 14.8. The maximum atomic E-state index is 13.3. The Morgan fingerprint density at radius 2 is 1.61 bits per heavy atom. The van der Waals surface area contributed by atoms with Crippen LogP contribution in [0.2, 0.25) is 0 Å². The lowest BCUT2D eigenvalue weighted by Crippen LogP contribution is -2.12. The summed E-state index contributed by atoms with van der Waals surface area (Å²) in [5, 5.41) is 8.56. The summed E-state index contributed by atoms with van der Waals surface area (Å²) >= 11 is 0. The van der Waals surface area contributed by atoms with Crippen molar-refractivity contribution in [1.29, 1.82) is 0 Å². The van der Waals surface area contributed by atoms with Crippen molar-refractivity contribution in [2.24, 2.45) is 0 Å². The van der Waals surface area contributed by atoms with Gasteiger partial charge in [-0.2, -0.15) is 8.78 Å². The molecule has 0 aliphatic rings. The molecule has 0 saturated carbocycles. The molecule has 1 aromatic rings. The van der Waals surface area contributed by atoms with Gasteiger partial charge in [0.1, 0.15) is 0 Å². The van der Waals surface area contributed by atoms with E-state index >= 15 is 0 Å². The first-order chi connectivity index (χ1) is 8.43. The molecule has 0 saturated heterocycles. The van der Waals surface area contributed by atoms with Crippen LogP contribution in [0.3, 0.4) is 0 Å². The van der Waals surface area contributed by atoms with Gasteiger partial charge in [0.25, 0.3) is 0 Å². The van der Waals surface area contributed by atoms with Crippen LogP contribution >= 0.6 is 8.81 Å². The summed E-state index contributed by atoms with van der Waals surface area (Å²) < 4.78 is 57.1. The zero-order chi connectivity index (χ0) is 13.9. The van der Waals surface area contributed by atoms with E-state index in [9.17, 15) is 22.4 Å². The molecule has 0 amide bonds. The second kappa shape index (κ2) is 6.08. The minimum atomic E-state index is -1.85. The van der Waals surface area contributed by atoms with Gasteiger partial charge >= 0.3 is 0 Å². The number of halogens is 4. The molecule has 0 spiro atoms. The van der Waals surface area contributed by atoms with E-state index in [1.165, 1.54) is 0 Å². The van der Waals surface area contributed by atoms with Crippen LogP contribution in [0.25, 0.3) is 0 Å². The van der Waals surface area contributed by atoms with E-state index < -0.39 is 62.1 Å². The minimum Gasteiger partial charge on any atom is -0.479 e. The Labute approximate surface area is 100 Å². The second-order valence-electron chi connectivity index (χ2n) is 3.05. The Morgan fingerprint density at radius 3 is 2.00 bits per heavy atom. The van der Waals surface area contributed by atoms with E-state index in [1.54, 1.807) is 0 Å². The monoisotopic (exact) mass is 286 g/mol. The van der Waals surface area contributed by atoms with E-state index in [1.807, 2.05) is 0 Å². The average Bonchev–Trinajstić information content (AvgIpc) is 2.36. The molecule has 1 rings (SSSR count). The van der Waals surface area contributed by atoms with Gasteiger partial charge in [0.05, 0.1) is 21.0 Å². The fourth-order valence-electron chi connectivity index (χ4n) is 1.09. The Bertz CT molecular complexity index is 451. The van der Waals surface area contributed by atoms with Crippen LogP contribution in [0.4, 0.5) is 17.6 Å². The van der Waals surface area contributed by atoms with Crippen LogP contribution in [0.5, 0.6) is 5.75 Å². The largest absolute Gasteiger partial charge is 0.479 e. The third kappa shape index (κ3) is 2.77. The van der Waals surface area contributed by atoms with Gasteiger partial charge in [-0.1, -0.05) is 0 Å². The van der Waals surface area contributed by atoms with Gasteiger partial charge in [-0.05, 0) is 0 Å². The molecule has 18 heavy (non-hydrogen) atoms. The first-order valence-electron chi connectivity index (χ1n) is 4.45. The van der Waals surface area contributed by atoms with E-state index in [0.717, 1.165) is 0 Å². The fourth-order valence-corrected chi connectivity index (χ4v) is 1.23. The highest BCUT2D eigenvalue weighted by Crippen LogP contribution is 2.30. The normalized spacial score (nSPS) is 11.2. The summed E-state index contributed by atoms with van der Waals surface area (Å²) in [5.74, 6) is -8.72. The van der Waals surface area contributed by atoms with Gasteiger partial charge < -0.3 is 14.7 Å². The van der Waals surface area contributed by atoms with Crippen LogP contribution in [0, 0.1) is 23.3 Å². The molecule has 4 nitrogen and oxygen atoms in total. The summed E-state index contributed by atoms with van der Waals surface area (Å²) in [7, 11) is -1.17. The lowest BCUT2D eigenvalue weighted by Gasteiger charge is -2.11. The van der Waals surface area contributed by atoms with Gasteiger partial charge in [-0.3, -0.25) is 4.79 Å². The second-order valence-corrected chi connectivity index (χ2v) is 3.83. The lowest BCUT2D eigenvalue weighted by molar-refractivity contribution is -0.113. The number of rotatable bonds is 5. The molecule has 2 N–H and O–H groups in total. The SMILES string of the molecule is O=C(COc1c(F)c(F)c(CO)c(F)c1F)PO. The van der Waals surface area contributed by atoms with Crippen molar-refractivity contribution in [2.45, 2.75) is 6.61 Å². The van der Waals surface area contributed by atoms with E-state index in [-0.39, 0.29) is 0 Å². The number of carbonyl (C=O) groups is 1. The van der Waals surface area contributed by atoms with Gasteiger partial charge in [-0.25, -0.2) is 8.78 Å². The zero-order valence-corrected chi connectivity index (χ0v) is 9.64. The van der Waals surface area contributed by atoms with E-state index in [0.29, 0.717) is 0 Å². The fraction of sp³-hybridized carbons (Fsp3) is 0.222. The Morgan fingerprint density at radius 1 is 1.11 bits per heavy atom. The van der Waals surface area contributed by atoms with Crippen LogP contribution in [-0.4, -0.2) is 22.1 Å². The maximum Gasteiger partial charge on any atom is 0.215 e. The van der Waals surface area contributed by atoms with Gasteiger partial charge in [0, 0.05) is 0 Å². The molecule has 0 aliphatic carbocycles. The molecule has 0 fully saturated rings. The van der Waals surface area contributed by atoms with Crippen molar-refractivity contribution in [3.8, 4) is 5.75 Å². The van der Waals surface area contributed by atoms with Crippen molar-refractivity contribution in [3.63, 3.8) is 0 Å². The predicted molar refractivity (Wildman–Crippen MR) is 53.2 cm³/mol. The number of ether oxygens (including phenoxy) is 1. The summed E-state index contributed by atoms with van der Waals surface area (Å²) in [6.07, 6.45) is 0. The molecule has 1 atom stereocenters. The van der Waals surface area contributed by atoms with Crippen molar-refractivity contribution in [2.75, 3.05) is 6.61 Å². The molecule has 0 aliphatic heterocycles. The number of aliphatic hydroxyl groups is 1. The molecule has 100 valence electrons. The zero-order valence-electron chi connectivity index (χ0n) is 8.64. The molecule has 1 unspecified atom stereocenters. The van der Waals surface area contributed by atoms with Crippen molar-refractivity contribution in [1.82, 2.24) is 0 Å². The minimum absolute atomic E-state index is 0.902. The third-order valence-electron chi connectivity index (χ3n) is 1.94. The van der Waals surface area contributed by atoms with Crippen molar-refractivity contribution < 1.29 is 37.1 Å². The maximum absolute atomic E-state index is 13.3. The third-order valence-corrected chi connectivity index (χ3v) is 2.34. The standard InChI is InChI=1S/C9H7F4O4P/c10-5-3(1-14)6(11)8(13)9(7(5)12)17-2-4(15)18-16/h14,16,18H,1-2H2. The molecule has 9 heteroatoms. The number of aliphatic hydroxyl groups excluding tert-OH is 1. The van der Waals surface area contributed by atoms with Gasteiger partial charge in [-0.15, -0.1) is 0 Å². The summed E-state index contributed by atoms with van der Waals surface area (Å²) in [6.45, 7) is -2.16. The van der Waals surface area contributed by atoms with E-state index in [2.05, 4.69) is 4.74 Å². The van der Waals surface area contributed by atoms with Crippen LogP contribution < -0.4 is 4.74 Å². The number of benzene rings is 1. The van der Waals surface area contributed by atoms with Crippen molar-refractivity contribution in [3.05, 3.63) is 28.8 Å². The summed E-state index contributed by atoms with van der Waals surface area (Å²) in [5.41, 5.74) is -2.08.